The second-order valence-corrected chi connectivity index (χ2v) is 16.0. The van der Waals surface area contributed by atoms with Gasteiger partial charge in [0.15, 0.2) is 5.82 Å². The summed E-state index contributed by atoms with van der Waals surface area (Å²) in [6.07, 6.45) is 0.909. The minimum Gasteiger partial charge on any atom is -0.508 e. The summed E-state index contributed by atoms with van der Waals surface area (Å²) in [6.45, 7) is 13.6. The second-order valence-electron chi connectivity index (χ2n) is 15.6. The van der Waals surface area contributed by atoms with Crippen LogP contribution in [0.5, 0.6) is 5.75 Å². The van der Waals surface area contributed by atoms with E-state index >= 15 is 4.39 Å². The molecule has 1 N–H and O–H groups in total. The first-order chi connectivity index (χ1) is 24.1. The summed E-state index contributed by atoms with van der Waals surface area (Å²) in [4.78, 5) is 43.5. The van der Waals surface area contributed by atoms with Crippen LogP contribution in [0.15, 0.2) is 42.5 Å². The molecular weight excluding hydrogens is 675 g/mol. The molecule has 1 aromatic heterocycles. The highest BCUT2D eigenvalue weighted by Crippen LogP contribution is 2.43. The van der Waals surface area contributed by atoms with E-state index in [1.807, 2.05) is 75.6 Å². The Balaban J connectivity index is 1.30. The zero-order chi connectivity index (χ0) is 36.4. The fourth-order valence-corrected chi connectivity index (χ4v) is 7.70. The molecule has 2 amide bonds. The molecule has 3 aliphatic rings. The number of piperazine rings is 2. The third-order valence-electron chi connectivity index (χ3n) is 9.57. The Morgan fingerprint density at radius 3 is 2.12 bits per heavy atom. The third kappa shape index (κ3) is 6.90. The molecule has 0 spiro atoms. The van der Waals surface area contributed by atoms with Gasteiger partial charge in [-0.1, -0.05) is 35.9 Å². The van der Waals surface area contributed by atoms with Crippen LogP contribution in [0, 0.1) is 5.82 Å². The SMILES string of the molecule is CC(C)(C)OC(=O)N1CCN(c2nc(N3CC4CCC(C3)N4C(=O)OC(C)(C)C)c3cc(Cl)c(-c4cc(O)cc5ccccc45)c(F)c3n2)CC1. The lowest BCUT2D eigenvalue weighted by Gasteiger charge is -2.42. The molecule has 0 saturated carbocycles. The number of fused-ring (bicyclic) bond motifs is 4. The van der Waals surface area contributed by atoms with Gasteiger partial charge in [0.2, 0.25) is 5.95 Å². The first-order valence-corrected chi connectivity index (χ1v) is 17.8. The number of halogens is 2. The zero-order valence-corrected chi connectivity index (χ0v) is 30.6. The van der Waals surface area contributed by atoms with Crippen molar-refractivity contribution in [2.75, 3.05) is 49.1 Å². The summed E-state index contributed by atoms with van der Waals surface area (Å²) in [5, 5.41) is 12.7. The van der Waals surface area contributed by atoms with Crippen LogP contribution in [-0.2, 0) is 9.47 Å². The molecule has 51 heavy (non-hydrogen) atoms. The van der Waals surface area contributed by atoms with Gasteiger partial charge in [0.25, 0.3) is 0 Å². The number of ether oxygens (including phenoxy) is 2. The molecule has 270 valence electrons. The molecule has 3 saturated heterocycles. The molecule has 4 aromatic rings. The first-order valence-electron chi connectivity index (χ1n) is 17.5. The summed E-state index contributed by atoms with van der Waals surface area (Å²) < 4.78 is 28.5. The fraction of sp³-hybridized carbons (Fsp3) is 0.474. The normalized spacial score (nSPS) is 19.6. The Bertz CT molecular complexity index is 2010. The highest BCUT2D eigenvalue weighted by molar-refractivity contribution is 6.35. The van der Waals surface area contributed by atoms with Gasteiger partial charge in [0.1, 0.15) is 28.3 Å². The van der Waals surface area contributed by atoms with Crippen molar-refractivity contribution in [3.63, 3.8) is 0 Å². The van der Waals surface area contributed by atoms with Crippen LogP contribution in [0.1, 0.15) is 54.4 Å². The number of aromatic hydroxyl groups is 1. The molecule has 0 radical (unpaired) electrons. The minimum atomic E-state index is -0.624. The van der Waals surface area contributed by atoms with E-state index in [-0.39, 0.29) is 46.1 Å². The van der Waals surface area contributed by atoms with Crippen LogP contribution in [0.4, 0.5) is 25.7 Å². The van der Waals surface area contributed by atoms with Gasteiger partial charge < -0.3 is 29.3 Å². The smallest absolute Gasteiger partial charge is 0.410 e. The van der Waals surface area contributed by atoms with Crippen LogP contribution in [-0.4, -0.2) is 99.6 Å². The van der Waals surface area contributed by atoms with Crippen molar-refractivity contribution >= 4 is 57.2 Å². The van der Waals surface area contributed by atoms with Gasteiger partial charge in [-0.05, 0) is 88.9 Å². The van der Waals surface area contributed by atoms with Gasteiger partial charge in [-0.2, -0.15) is 4.98 Å². The number of benzene rings is 3. The van der Waals surface area contributed by atoms with Crippen molar-refractivity contribution in [2.45, 2.75) is 77.7 Å². The van der Waals surface area contributed by atoms with Gasteiger partial charge >= 0.3 is 12.2 Å². The highest BCUT2D eigenvalue weighted by Gasteiger charge is 2.45. The largest absolute Gasteiger partial charge is 0.508 e. The van der Waals surface area contributed by atoms with Gasteiger partial charge in [-0.25, -0.2) is 19.0 Å². The molecule has 2 bridgehead atoms. The molecule has 4 heterocycles. The Kier molecular flexibility index (Phi) is 8.80. The predicted octanol–water partition coefficient (Wildman–Crippen LogP) is 7.59. The maximum absolute atomic E-state index is 17.2. The highest BCUT2D eigenvalue weighted by atomic mass is 35.5. The summed E-state index contributed by atoms with van der Waals surface area (Å²) in [5.74, 6) is 0.222. The number of nitrogens with zero attached hydrogens (tertiary/aromatic N) is 6. The van der Waals surface area contributed by atoms with Gasteiger partial charge in [-0.15, -0.1) is 0 Å². The van der Waals surface area contributed by atoms with Crippen LogP contribution < -0.4 is 9.80 Å². The number of carbonyl (C=O) groups is 2. The van der Waals surface area contributed by atoms with Crippen LogP contribution in [0.2, 0.25) is 5.02 Å². The van der Waals surface area contributed by atoms with Gasteiger partial charge in [-0.3, -0.25) is 4.90 Å². The quantitative estimate of drug-likeness (QED) is 0.229. The van der Waals surface area contributed by atoms with Crippen LogP contribution >= 0.6 is 11.6 Å². The number of hydrogen-bond acceptors (Lipinski definition) is 9. The molecule has 2 unspecified atom stereocenters. The lowest BCUT2D eigenvalue weighted by atomic mass is 9.96. The molecule has 3 aliphatic heterocycles. The van der Waals surface area contributed by atoms with Crippen molar-refractivity contribution in [3.05, 3.63) is 53.3 Å². The average Bonchev–Trinajstić information content (AvgIpc) is 3.32. The van der Waals surface area contributed by atoms with Gasteiger partial charge in [0.05, 0.1) is 17.1 Å². The van der Waals surface area contributed by atoms with Crippen molar-refractivity contribution < 1.29 is 28.6 Å². The Morgan fingerprint density at radius 2 is 1.47 bits per heavy atom. The monoisotopic (exact) mass is 718 g/mol. The number of anilines is 2. The van der Waals surface area contributed by atoms with E-state index in [9.17, 15) is 14.7 Å². The topological polar surface area (TPSA) is 112 Å². The maximum Gasteiger partial charge on any atom is 0.410 e. The molecule has 11 nitrogen and oxygen atoms in total. The Morgan fingerprint density at radius 1 is 0.843 bits per heavy atom. The molecule has 13 heteroatoms. The third-order valence-corrected chi connectivity index (χ3v) is 9.87. The molecule has 2 atom stereocenters. The Hall–Kier alpha value is -4.58. The number of carbonyl (C=O) groups excluding carboxylic acids is 2. The van der Waals surface area contributed by atoms with E-state index in [0.29, 0.717) is 62.0 Å². The summed E-state index contributed by atoms with van der Waals surface area (Å²) in [7, 11) is 0. The second kappa shape index (κ2) is 12.9. The summed E-state index contributed by atoms with van der Waals surface area (Å²) in [5.41, 5.74) is -0.554. The number of aromatic nitrogens is 2. The van der Waals surface area contributed by atoms with Crippen LogP contribution in [0.25, 0.3) is 32.8 Å². The average molecular weight is 719 g/mol. The Labute approximate surface area is 301 Å². The zero-order valence-electron chi connectivity index (χ0n) is 29.9. The molecular formula is C38H44ClFN6O5. The molecule has 7 rings (SSSR count). The fourth-order valence-electron chi connectivity index (χ4n) is 7.40. The van der Waals surface area contributed by atoms with Crippen molar-refractivity contribution in [2.24, 2.45) is 0 Å². The minimum absolute atomic E-state index is 0.00970. The summed E-state index contributed by atoms with van der Waals surface area (Å²) in [6, 6.07) is 12.1. The van der Waals surface area contributed by atoms with E-state index in [1.165, 1.54) is 6.07 Å². The number of hydrogen-bond donors (Lipinski definition) is 1. The van der Waals surface area contributed by atoms with Crippen LogP contribution in [0.3, 0.4) is 0 Å². The lowest BCUT2D eigenvalue weighted by molar-refractivity contribution is 0.0122. The molecule has 3 fully saturated rings. The predicted molar refractivity (Wildman–Crippen MR) is 196 cm³/mol. The maximum atomic E-state index is 17.2. The van der Waals surface area contributed by atoms with Crippen molar-refractivity contribution in [1.29, 1.82) is 0 Å². The van der Waals surface area contributed by atoms with E-state index < -0.39 is 17.0 Å². The van der Waals surface area contributed by atoms with E-state index in [1.54, 1.807) is 17.0 Å². The van der Waals surface area contributed by atoms with Crippen molar-refractivity contribution in [3.8, 4) is 16.9 Å². The summed E-state index contributed by atoms with van der Waals surface area (Å²) >= 11 is 6.96. The van der Waals surface area contributed by atoms with E-state index in [2.05, 4.69) is 4.90 Å². The van der Waals surface area contributed by atoms with Crippen molar-refractivity contribution in [1.82, 2.24) is 19.8 Å². The molecule has 3 aromatic carbocycles. The van der Waals surface area contributed by atoms with E-state index in [0.717, 1.165) is 23.6 Å². The first kappa shape index (κ1) is 34.9. The van der Waals surface area contributed by atoms with Gasteiger partial charge in [0, 0.05) is 50.2 Å². The number of phenols is 1. The van der Waals surface area contributed by atoms with E-state index in [4.69, 9.17) is 31.0 Å². The number of phenolic OH excluding ortho intramolecular Hbond substituents is 1. The molecule has 0 aliphatic carbocycles. The number of amides is 2. The number of rotatable bonds is 3. The standard InChI is InChI=1S/C38H44ClFN6O5/c1-37(2,3)50-35(48)44-15-13-43(14-16-44)34-41-32-28(19-29(39)30(31(32)40)27-18-25(47)17-22-9-7-8-10-26(22)27)33(42-34)45-20-23-11-12-24(21-45)46(23)36(49)51-38(4,5)6/h7-10,17-19,23-24,47H,11-16,20-21H2,1-6H3. The lowest BCUT2D eigenvalue weighted by Crippen LogP contribution is -2.57.